The number of benzene rings is 4. The quantitative estimate of drug-likeness (QED) is 0.218. The van der Waals surface area contributed by atoms with Crippen molar-refractivity contribution in [1.29, 1.82) is 0 Å². The maximum absolute atomic E-state index is 12.3. The Hall–Kier alpha value is -5.24. The molecule has 0 bridgehead atoms. The van der Waals surface area contributed by atoms with E-state index in [4.69, 9.17) is 18.9 Å². The highest BCUT2D eigenvalue weighted by Gasteiger charge is 2.36. The molecule has 2 aliphatic rings. The number of fused-ring (bicyclic) bond motifs is 2. The summed E-state index contributed by atoms with van der Waals surface area (Å²) in [5, 5.41) is 0. The van der Waals surface area contributed by atoms with Crippen LogP contribution in [0.4, 0.5) is 0 Å². The second-order valence-corrected chi connectivity index (χ2v) is 9.53. The molecule has 0 spiro atoms. The first-order valence-electron chi connectivity index (χ1n) is 12.1. The lowest BCUT2D eigenvalue weighted by molar-refractivity contribution is 0.0424. The van der Waals surface area contributed by atoms with Crippen molar-refractivity contribution < 1.29 is 38.1 Å². The van der Waals surface area contributed by atoms with Crippen molar-refractivity contribution in [2.45, 2.75) is 19.3 Å². The molecule has 8 nitrogen and oxygen atoms in total. The highest BCUT2D eigenvalue weighted by Crippen LogP contribution is 2.45. The second kappa shape index (κ2) is 8.95. The maximum atomic E-state index is 12.3. The van der Waals surface area contributed by atoms with Crippen LogP contribution in [0.3, 0.4) is 0 Å². The minimum absolute atomic E-state index is 0.0817. The zero-order chi connectivity index (χ0) is 27.3. The number of cyclic esters (lactones) is 4. The summed E-state index contributed by atoms with van der Waals surface area (Å²) in [6.45, 7) is 3.97. The third kappa shape index (κ3) is 3.93. The van der Waals surface area contributed by atoms with Gasteiger partial charge in [-0.15, -0.1) is 0 Å². The van der Waals surface area contributed by atoms with E-state index in [2.05, 4.69) is 0 Å². The lowest BCUT2D eigenvalue weighted by atomic mass is 9.77. The molecular weight excluding hydrogens is 500 g/mol. The fourth-order valence-electron chi connectivity index (χ4n) is 4.90. The van der Waals surface area contributed by atoms with E-state index in [9.17, 15) is 19.2 Å². The highest BCUT2D eigenvalue weighted by molar-refractivity contribution is 6.16. The van der Waals surface area contributed by atoms with Gasteiger partial charge in [-0.05, 0) is 36.4 Å². The Labute approximate surface area is 222 Å². The Kier molecular flexibility index (Phi) is 5.54. The van der Waals surface area contributed by atoms with Crippen molar-refractivity contribution in [3.05, 3.63) is 118 Å². The summed E-state index contributed by atoms with van der Waals surface area (Å²) in [7, 11) is 0. The van der Waals surface area contributed by atoms with Crippen molar-refractivity contribution >= 4 is 23.9 Å². The minimum Gasteiger partial charge on any atom is -0.456 e. The van der Waals surface area contributed by atoms with Crippen LogP contribution >= 0.6 is 0 Å². The van der Waals surface area contributed by atoms with E-state index >= 15 is 0 Å². The predicted octanol–water partition coefficient (Wildman–Crippen LogP) is 6.22. The number of carbonyl (C=O) groups excluding carboxylic acids is 4. The van der Waals surface area contributed by atoms with E-state index < -0.39 is 29.3 Å². The van der Waals surface area contributed by atoms with Crippen LogP contribution in [0.15, 0.2) is 84.9 Å². The number of esters is 4. The van der Waals surface area contributed by atoms with Crippen LogP contribution in [0.1, 0.15) is 66.4 Å². The second-order valence-electron chi connectivity index (χ2n) is 9.53. The molecule has 2 aliphatic heterocycles. The van der Waals surface area contributed by atoms with Crippen LogP contribution in [-0.2, 0) is 14.9 Å². The minimum atomic E-state index is -0.756. The maximum Gasteiger partial charge on any atom is 0.350 e. The summed E-state index contributed by atoms with van der Waals surface area (Å²) >= 11 is 0. The van der Waals surface area contributed by atoms with Crippen LogP contribution in [0.25, 0.3) is 0 Å². The fraction of sp³-hybridized carbons (Fsp3) is 0.0968. The first-order valence-corrected chi connectivity index (χ1v) is 12.1. The molecule has 8 heteroatoms. The van der Waals surface area contributed by atoms with Gasteiger partial charge in [-0.25, -0.2) is 19.2 Å². The van der Waals surface area contributed by atoms with Gasteiger partial charge in [-0.2, -0.15) is 0 Å². The Morgan fingerprint density at radius 2 is 0.872 bits per heavy atom. The summed E-state index contributed by atoms with van der Waals surface area (Å²) in [6, 6.07) is 24.2. The Balaban J connectivity index is 1.40. The number of hydrogen-bond acceptors (Lipinski definition) is 8. The molecule has 192 valence electrons. The Bertz CT molecular complexity index is 1590. The summed E-state index contributed by atoms with van der Waals surface area (Å²) in [6.07, 6.45) is 0. The van der Waals surface area contributed by atoms with E-state index in [1.165, 1.54) is 12.1 Å². The first kappa shape index (κ1) is 24.1. The number of rotatable bonds is 6. The van der Waals surface area contributed by atoms with Crippen LogP contribution in [0, 0.1) is 0 Å². The fourth-order valence-corrected chi connectivity index (χ4v) is 4.90. The molecule has 2 heterocycles. The van der Waals surface area contributed by atoms with E-state index in [0.717, 1.165) is 11.1 Å². The van der Waals surface area contributed by atoms with Gasteiger partial charge >= 0.3 is 23.9 Å². The number of ether oxygens (including phenoxy) is 4. The average molecular weight is 520 g/mol. The molecule has 0 atom stereocenters. The highest BCUT2D eigenvalue weighted by atomic mass is 16.6. The van der Waals surface area contributed by atoms with Crippen molar-refractivity contribution in [2.75, 3.05) is 0 Å². The van der Waals surface area contributed by atoms with Gasteiger partial charge in [-0.3, -0.25) is 0 Å². The molecule has 0 saturated carbocycles. The molecule has 39 heavy (non-hydrogen) atoms. The summed E-state index contributed by atoms with van der Waals surface area (Å²) in [5.74, 6) is -1.59. The van der Waals surface area contributed by atoms with Crippen molar-refractivity contribution in [3.8, 4) is 23.0 Å². The van der Waals surface area contributed by atoms with Crippen molar-refractivity contribution in [3.63, 3.8) is 0 Å². The zero-order valence-corrected chi connectivity index (χ0v) is 20.8. The monoisotopic (exact) mass is 520 g/mol. The molecule has 4 aromatic rings. The predicted molar refractivity (Wildman–Crippen MR) is 138 cm³/mol. The molecule has 6 rings (SSSR count). The molecule has 0 fully saturated rings. The molecule has 0 saturated heterocycles. The third-order valence-electron chi connectivity index (χ3n) is 6.83. The molecule has 0 aromatic heterocycles. The molecule has 4 aromatic carbocycles. The lowest BCUT2D eigenvalue weighted by Crippen LogP contribution is -2.21. The van der Waals surface area contributed by atoms with Gasteiger partial charge < -0.3 is 18.9 Å². The van der Waals surface area contributed by atoms with Gasteiger partial charge in [-0.1, -0.05) is 62.4 Å². The van der Waals surface area contributed by atoms with Gasteiger partial charge in [0.05, 0.1) is 11.1 Å². The third-order valence-corrected chi connectivity index (χ3v) is 6.83. The largest absolute Gasteiger partial charge is 0.456 e. The van der Waals surface area contributed by atoms with Gasteiger partial charge in [0, 0.05) is 16.5 Å². The summed E-state index contributed by atoms with van der Waals surface area (Å²) in [4.78, 5) is 48.7. The Morgan fingerprint density at radius 1 is 0.487 bits per heavy atom. The molecular formula is C31H20O8. The molecule has 0 aliphatic carbocycles. The molecule has 0 unspecified atom stereocenters. The molecule has 0 amide bonds. The SMILES string of the molecule is CC(C)(c1ccccc1Oc1cccc2c1C(=O)OC2=O)c1ccccc1Oc1cccc2c1C(=O)OC2=O. The van der Waals surface area contributed by atoms with Gasteiger partial charge in [0.25, 0.3) is 0 Å². The lowest BCUT2D eigenvalue weighted by Gasteiger charge is -2.30. The van der Waals surface area contributed by atoms with E-state index in [-0.39, 0.29) is 33.8 Å². The van der Waals surface area contributed by atoms with E-state index in [1.807, 2.05) is 38.1 Å². The number of carbonyl (C=O) groups is 4. The van der Waals surface area contributed by atoms with Gasteiger partial charge in [0.15, 0.2) is 0 Å². The number of hydrogen-bond donors (Lipinski definition) is 0. The number of para-hydroxylation sites is 2. The molecule has 0 N–H and O–H groups in total. The first-order chi connectivity index (χ1) is 18.8. The average Bonchev–Trinajstić information content (AvgIpc) is 3.39. The van der Waals surface area contributed by atoms with E-state index in [1.54, 1.807) is 48.5 Å². The van der Waals surface area contributed by atoms with Gasteiger partial charge in [0.1, 0.15) is 34.1 Å². The standard InChI is InChI=1S/C31H20O8/c1-31(2,19-11-3-5-13-21(19)36-23-15-7-9-17-25(23)29(34)38-27(17)32)20-12-4-6-14-22(20)37-24-16-8-10-18-26(24)30(35)39-28(18)33/h3-16H,1-2H3. The van der Waals surface area contributed by atoms with Crippen LogP contribution in [-0.4, -0.2) is 23.9 Å². The summed E-state index contributed by atoms with van der Waals surface area (Å²) < 4.78 is 22.0. The zero-order valence-electron chi connectivity index (χ0n) is 20.8. The van der Waals surface area contributed by atoms with Crippen molar-refractivity contribution in [2.24, 2.45) is 0 Å². The van der Waals surface area contributed by atoms with Crippen LogP contribution in [0.2, 0.25) is 0 Å². The summed E-state index contributed by atoms with van der Waals surface area (Å²) in [5.41, 5.74) is 1.29. The van der Waals surface area contributed by atoms with Crippen LogP contribution in [0.5, 0.6) is 23.0 Å². The normalized spacial score (nSPS) is 14.0. The smallest absolute Gasteiger partial charge is 0.350 e. The van der Waals surface area contributed by atoms with E-state index in [0.29, 0.717) is 11.5 Å². The molecule has 0 radical (unpaired) electrons. The van der Waals surface area contributed by atoms with Gasteiger partial charge in [0.2, 0.25) is 0 Å². The van der Waals surface area contributed by atoms with Crippen molar-refractivity contribution in [1.82, 2.24) is 0 Å². The van der Waals surface area contributed by atoms with Crippen LogP contribution < -0.4 is 9.47 Å². The Morgan fingerprint density at radius 3 is 1.31 bits per heavy atom. The topological polar surface area (TPSA) is 105 Å².